The van der Waals surface area contributed by atoms with Gasteiger partial charge < -0.3 is 5.32 Å². The first-order chi connectivity index (χ1) is 12.6. The summed E-state index contributed by atoms with van der Waals surface area (Å²) in [6, 6.07) is 9.05. The highest BCUT2D eigenvalue weighted by Crippen LogP contribution is 2.21. The Bertz CT molecular complexity index is 517. The van der Waals surface area contributed by atoms with Crippen molar-refractivity contribution in [1.29, 1.82) is 0 Å². The monoisotopic (exact) mass is 359 g/mol. The fourth-order valence-corrected chi connectivity index (χ4v) is 3.69. The number of nitrogens with one attached hydrogen (secondary N) is 1. The van der Waals surface area contributed by atoms with Crippen LogP contribution in [0.5, 0.6) is 0 Å². The van der Waals surface area contributed by atoms with Crippen molar-refractivity contribution in [2.24, 2.45) is 5.92 Å². The minimum absolute atomic E-state index is 0.168. The topological polar surface area (TPSA) is 35.6 Å². The lowest BCUT2D eigenvalue weighted by Crippen LogP contribution is -2.38. The maximum atomic E-state index is 12.0. The van der Waals surface area contributed by atoms with Gasteiger partial charge in [-0.15, -0.1) is 0 Å². The van der Waals surface area contributed by atoms with Crippen molar-refractivity contribution < 1.29 is 4.79 Å². The van der Waals surface area contributed by atoms with E-state index in [1.807, 2.05) is 0 Å². The van der Waals surface area contributed by atoms with Crippen molar-refractivity contribution in [2.45, 2.75) is 53.0 Å². The van der Waals surface area contributed by atoms with Crippen molar-refractivity contribution in [1.82, 2.24) is 15.1 Å². The molecule has 1 aromatic carbocycles. The minimum Gasteiger partial charge on any atom is -0.355 e. The van der Waals surface area contributed by atoms with E-state index in [0.717, 1.165) is 44.9 Å². The second-order valence-corrected chi connectivity index (χ2v) is 7.49. The molecule has 0 radical (unpaired) electrons. The molecule has 0 aliphatic carbocycles. The van der Waals surface area contributed by atoms with Crippen LogP contribution < -0.4 is 5.32 Å². The van der Waals surface area contributed by atoms with Gasteiger partial charge in [0.25, 0.3) is 0 Å². The number of hydrogen-bond acceptors (Lipinski definition) is 3. The Balaban J connectivity index is 1.61. The molecule has 0 saturated carbocycles. The zero-order valence-electron chi connectivity index (χ0n) is 17.0. The second kappa shape index (κ2) is 11.3. The van der Waals surface area contributed by atoms with Crippen molar-refractivity contribution in [2.75, 3.05) is 39.3 Å². The maximum Gasteiger partial charge on any atom is 0.234 e. The second-order valence-electron chi connectivity index (χ2n) is 7.49. The molecule has 1 amide bonds. The molecule has 1 N–H and O–H groups in total. The first-order valence-corrected chi connectivity index (χ1v) is 10.4. The molecule has 1 aliphatic rings. The zero-order valence-corrected chi connectivity index (χ0v) is 17.0. The molecule has 26 heavy (non-hydrogen) atoms. The molecule has 0 atom stereocenters. The van der Waals surface area contributed by atoms with Gasteiger partial charge in [0.05, 0.1) is 6.54 Å². The Hall–Kier alpha value is -1.39. The number of benzene rings is 1. The molecule has 146 valence electrons. The van der Waals surface area contributed by atoms with E-state index < -0.39 is 0 Å². The number of likely N-dealkylation sites (tertiary alicyclic amines) is 1. The third kappa shape index (κ3) is 7.08. The van der Waals surface area contributed by atoms with Gasteiger partial charge in [0.15, 0.2) is 0 Å². The lowest BCUT2D eigenvalue weighted by atomic mass is 9.93. The Morgan fingerprint density at radius 3 is 2.27 bits per heavy atom. The van der Waals surface area contributed by atoms with Gasteiger partial charge in [-0.05, 0) is 68.9 Å². The van der Waals surface area contributed by atoms with Gasteiger partial charge in [0.2, 0.25) is 5.91 Å². The molecule has 1 heterocycles. The third-order valence-electron chi connectivity index (χ3n) is 5.68. The van der Waals surface area contributed by atoms with E-state index in [0.29, 0.717) is 6.54 Å². The number of carbonyl (C=O) groups is 1. The molecular weight excluding hydrogens is 322 g/mol. The van der Waals surface area contributed by atoms with Gasteiger partial charge in [-0.2, -0.15) is 0 Å². The predicted octanol–water partition coefficient (Wildman–Crippen LogP) is 3.31. The van der Waals surface area contributed by atoms with E-state index in [1.54, 1.807) is 0 Å². The zero-order chi connectivity index (χ0) is 18.8. The summed E-state index contributed by atoms with van der Waals surface area (Å²) < 4.78 is 0. The Kier molecular flexibility index (Phi) is 9.13. The summed E-state index contributed by atoms with van der Waals surface area (Å²) in [6.07, 6.45) is 4.72. The van der Waals surface area contributed by atoms with Gasteiger partial charge in [-0.25, -0.2) is 0 Å². The molecule has 1 aromatic rings. The van der Waals surface area contributed by atoms with E-state index in [9.17, 15) is 4.79 Å². The average molecular weight is 360 g/mol. The number of rotatable bonds is 10. The number of aryl methyl sites for hydroxylation is 1. The predicted molar refractivity (Wildman–Crippen MR) is 109 cm³/mol. The number of likely N-dealkylation sites (N-methyl/N-ethyl adjacent to an activating group) is 1. The molecule has 0 spiro atoms. The van der Waals surface area contributed by atoms with Gasteiger partial charge in [0.1, 0.15) is 0 Å². The largest absolute Gasteiger partial charge is 0.355 e. The smallest absolute Gasteiger partial charge is 0.234 e. The Labute approximate surface area is 159 Å². The Morgan fingerprint density at radius 2 is 1.69 bits per heavy atom. The van der Waals surface area contributed by atoms with Crippen LogP contribution in [0, 0.1) is 5.92 Å². The van der Waals surface area contributed by atoms with E-state index >= 15 is 0 Å². The molecular formula is C22H37N3O. The fourth-order valence-electron chi connectivity index (χ4n) is 3.69. The quantitative estimate of drug-likeness (QED) is 0.696. The van der Waals surface area contributed by atoms with E-state index in [1.165, 1.54) is 37.1 Å². The average Bonchev–Trinajstić information content (AvgIpc) is 2.68. The molecule has 4 nitrogen and oxygen atoms in total. The first-order valence-electron chi connectivity index (χ1n) is 10.4. The van der Waals surface area contributed by atoms with Crippen LogP contribution in [0.15, 0.2) is 24.3 Å². The van der Waals surface area contributed by atoms with E-state index in [-0.39, 0.29) is 5.91 Å². The summed E-state index contributed by atoms with van der Waals surface area (Å²) in [5.74, 6) is 0.920. The number of hydrogen-bond donors (Lipinski definition) is 1. The summed E-state index contributed by atoms with van der Waals surface area (Å²) in [5, 5.41) is 3.10. The van der Waals surface area contributed by atoms with Crippen LogP contribution >= 0.6 is 0 Å². The number of amides is 1. The van der Waals surface area contributed by atoms with Crippen molar-refractivity contribution in [3.05, 3.63) is 35.4 Å². The van der Waals surface area contributed by atoms with Gasteiger partial charge >= 0.3 is 0 Å². The molecule has 0 unspecified atom stereocenters. The van der Waals surface area contributed by atoms with Crippen LogP contribution in [-0.2, 0) is 17.8 Å². The minimum atomic E-state index is 0.168. The van der Waals surface area contributed by atoms with Crippen molar-refractivity contribution in [3.8, 4) is 0 Å². The highest BCUT2D eigenvalue weighted by atomic mass is 16.2. The fraction of sp³-hybridized carbons (Fsp3) is 0.682. The van der Waals surface area contributed by atoms with Crippen LogP contribution in [0.1, 0.15) is 51.2 Å². The van der Waals surface area contributed by atoms with Gasteiger partial charge in [-0.3, -0.25) is 14.6 Å². The van der Waals surface area contributed by atoms with Crippen LogP contribution in [0.4, 0.5) is 0 Å². The molecule has 1 saturated heterocycles. The summed E-state index contributed by atoms with van der Waals surface area (Å²) in [7, 11) is 0. The summed E-state index contributed by atoms with van der Waals surface area (Å²) in [4.78, 5) is 16.7. The molecule has 0 bridgehead atoms. The molecule has 1 fully saturated rings. The number of piperidine rings is 1. The maximum absolute atomic E-state index is 12.0. The van der Waals surface area contributed by atoms with Gasteiger partial charge in [-0.1, -0.05) is 45.0 Å². The third-order valence-corrected chi connectivity index (χ3v) is 5.68. The number of carbonyl (C=O) groups excluding carboxylic acids is 1. The lowest BCUT2D eigenvalue weighted by molar-refractivity contribution is -0.122. The summed E-state index contributed by atoms with van der Waals surface area (Å²) >= 11 is 0. The van der Waals surface area contributed by atoms with Crippen LogP contribution in [0.2, 0.25) is 0 Å². The SMILES string of the molecule is CCc1ccc(CN2CCC(CCNC(=O)CN(CC)CC)CC2)cc1. The summed E-state index contributed by atoms with van der Waals surface area (Å²) in [5.41, 5.74) is 2.83. The van der Waals surface area contributed by atoms with Crippen LogP contribution in [0.25, 0.3) is 0 Å². The van der Waals surface area contributed by atoms with E-state index in [4.69, 9.17) is 0 Å². The molecule has 4 heteroatoms. The highest BCUT2D eigenvalue weighted by Gasteiger charge is 2.19. The first kappa shape index (κ1) is 20.9. The van der Waals surface area contributed by atoms with Crippen LogP contribution in [-0.4, -0.2) is 55.0 Å². The highest BCUT2D eigenvalue weighted by molar-refractivity contribution is 5.77. The standard InChI is InChI=1S/C22H37N3O/c1-4-19-7-9-21(10-8-19)17-25-15-12-20(13-16-25)11-14-23-22(26)18-24(5-2)6-3/h7-10,20H,4-6,11-18H2,1-3H3,(H,23,26). The number of nitrogens with zero attached hydrogens (tertiary/aromatic N) is 2. The summed E-state index contributed by atoms with van der Waals surface area (Å²) in [6.45, 7) is 13.0. The molecule has 0 aromatic heterocycles. The Morgan fingerprint density at radius 1 is 1.08 bits per heavy atom. The van der Waals surface area contributed by atoms with Crippen LogP contribution in [0.3, 0.4) is 0 Å². The molecule has 2 rings (SSSR count). The normalized spacial score (nSPS) is 16.2. The van der Waals surface area contributed by atoms with Gasteiger partial charge in [0, 0.05) is 13.1 Å². The van der Waals surface area contributed by atoms with Crippen molar-refractivity contribution >= 4 is 5.91 Å². The van der Waals surface area contributed by atoms with E-state index in [2.05, 4.69) is 60.2 Å². The molecule has 1 aliphatic heterocycles. The lowest BCUT2D eigenvalue weighted by Gasteiger charge is -2.32. The van der Waals surface area contributed by atoms with Crippen molar-refractivity contribution in [3.63, 3.8) is 0 Å².